The van der Waals surface area contributed by atoms with E-state index in [2.05, 4.69) is 87.3 Å². The molecule has 0 unspecified atom stereocenters. The third-order valence-corrected chi connectivity index (χ3v) is 7.62. The number of rotatable bonds is 3. The van der Waals surface area contributed by atoms with Crippen molar-refractivity contribution in [2.75, 3.05) is 0 Å². The fourth-order valence-electron chi connectivity index (χ4n) is 5.93. The SMILES string of the molecule is CCC1(CC)c2ccccc2-c2c1ccc1c2oc2c(-c3cc(C)ccn3)c(C)ccc21. The van der Waals surface area contributed by atoms with Crippen LogP contribution in [0, 0.1) is 13.8 Å². The van der Waals surface area contributed by atoms with Crippen molar-refractivity contribution in [3.8, 4) is 22.4 Å². The molecule has 2 heterocycles. The Balaban J connectivity index is 1.75. The Morgan fingerprint density at radius 1 is 0.781 bits per heavy atom. The van der Waals surface area contributed by atoms with Gasteiger partial charge in [0, 0.05) is 33.5 Å². The maximum absolute atomic E-state index is 6.80. The molecule has 0 amide bonds. The molecule has 0 atom stereocenters. The molecule has 1 aliphatic rings. The molecule has 3 aromatic carbocycles. The fourth-order valence-corrected chi connectivity index (χ4v) is 5.93. The fraction of sp³-hybridized carbons (Fsp3) is 0.233. The van der Waals surface area contributed by atoms with Gasteiger partial charge < -0.3 is 4.42 Å². The number of hydrogen-bond acceptors (Lipinski definition) is 2. The molecule has 0 spiro atoms. The van der Waals surface area contributed by atoms with Gasteiger partial charge in [0.1, 0.15) is 11.2 Å². The van der Waals surface area contributed by atoms with E-state index in [-0.39, 0.29) is 5.41 Å². The lowest BCUT2D eigenvalue weighted by atomic mass is 9.74. The molecule has 1 aliphatic carbocycles. The highest BCUT2D eigenvalue weighted by Crippen LogP contribution is 2.55. The molecule has 0 fully saturated rings. The van der Waals surface area contributed by atoms with Gasteiger partial charge in [-0.3, -0.25) is 4.98 Å². The van der Waals surface area contributed by atoms with Crippen LogP contribution in [-0.2, 0) is 5.41 Å². The van der Waals surface area contributed by atoms with E-state index in [0.717, 1.165) is 40.7 Å². The van der Waals surface area contributed by atoms with E-state index in [1.807, 2.05) is 12.3 Å². The van der Waals surface area contributed by atoms with E-state index in [4.69, 9.17) is 4.42 Å². The molecule has 6 rings (SSSR count). The molecule has 2 nitrogen and oxygen atoms in total. The second kappa shape index (κ2) is 6.80. The van der Waals surface area contributed by atoms with E-state index >= 15 is 0 Å². The number of benzene rings is 3. The third-order valence-electron chi connectivity index (χ3n) is 7.62. The van der Waals surface area contributed by atoms with Crippen molar-refractivity contribution >= 4 is 21.9 Å². The first-order valence-electron chi connectivity index (χ1n) is 11.6. The zero-order chi connectivity index (χ0) is 22.0. The molecule has 0 aliphatic heterocycles. The second-order valence-electron chi connectivity index (χ2n) is 9.15. The standard InChI is InChI=1S/C30H27NO/c1-5-30(6-2)23-10-8-7-9-22(23)27-24(30)14-13-21-20-12-11-19(4)26(28(20)32-29(21)27)25-17-18(3)15-16-31-25/h7-17H,5-6H2,1-4H3. The average molecular weight is 418 g/mol. The molecule has 0 bridgehead atoms. The summed E-state index contributed by atoms with van der Waals surface area (Å²) in [6.07, 6.45) is 4.05. The average Bonchev–Trinajstić information content (AvgIpc) is 3.32. The van der Waals surface area contributed by atoms with Crippen molar-refractivity contribution in [1.82, 2.24) is 4.98 Å². The first kappa shape index (κ1) is 19.3. The molecular weight excluding hydrogens is 390 g/mol. The summed E-state index contributed by atoms with van der Waals surface area (Å²) >= 11 is 0. The van der Waals surface area contributed by atoms with Crippen LogP contribution in [0.1, 0.15) is 48.9 Å². The quantitative estimate of drug-likeness (QED) is 0.295. The number of aryl methyl sites for hydroxylation is 2. The first-order valence-corrected chi connectivity index (χ1v) is 11.6. The largest absolute Gasteiger partial charge is 0.455 e. The van der Waals surface area contributed by atoms with Gasteiger partial charge in [-0.25, -0.2) is 0 Å². The Labute approximate surface area is 188 Å². The van der Waals surface area contributed by atoms with Gasteiger partial charge in [0.25, 0.3) is 0 Å². The van der Waals surface area contributed by atoms with E-state index in [1.165, 1.54) is 38.8 Å². The van der Waals surface area contributed by atoms with Crippen LogP contribution < -0.4 is 0 Å². The van der Waals surface area contributed by atoms with E-state index in [0.29, 0.717) is 0 Å². The number of aromatic nitrogens is 1. The summed E-state index contributed by atoms with van der Waals surface area (Å²) in [6.45, 7) is 8.87. The van der Waals surface area contributed by atoms with Crippen molar-refractivity contribution in [2.24, 2.45) is 0 Å². The number of furan rings is 1. The highest BCUT2D eigenvalue weighted by Gasteiger charge is 2.42. The summed E-state index contributed by atoms with van der Waals surface area (Å²) in [5, 5.41) is 2.35. The van der Waals surface area contributed by atoms with Crippen LogP contribution in [0.15, 0.2) is 71.3 Å². The molecule has 158 valence electrons. The summed E-state index contributed by atoms with van der Waals surface area (Å²) in [6, 6.07) is 22.1. The monoisotopic (exact) mass is 417 g/mol. The van der Waals surface area contributed by atoms with Gasteiger partial charge in [-0.15, -0.1) is 0 Å². The Bertz CT molecular complexity index is 1520. The molecule has 0 N–H and O–H groups in total. The topological polar surface area (TPSA) is 26.0 Å². The van der Waals surface area contributed by atoms with Crippen LogP contribution in [0.3, 0.4) is 0 Å². The first-order chi connectivity index (χ1) is 15.6. The normalized spacial score (nSPS) is 14.1. The maximum atomic E-state index is 6.80. The van der Waals surface area contributed by atoms with Crippen LogP contribution in [0.5, 0.6) is 0 Å². The molecule has 2 aromatic heterocycles. The van der Waals surface area contributed by atoms with Crippen LogP contribution in [0.4, 0.5) is 0 Å². The lowest BCUT2D eigenvalue weighted by Gasteiger charge is -2.29. The molecule has 0 saturated carbocycles. The lowest BCUT2D eigenvalue weighted by molar-refractivity contribution is 0.490. The van der Waals surface area contributed by atoms with Gasteiger partial charge in [-0.2, -0.15) is 0 Å². The minimum Gasteiger partial charge on any atom is -0.455 e. The molecule has 0 radical (unpaired) electrons. The summed E-state index contributed by atoms with van der Waals surface area (Å²) in [5.74, 6) is 0. The molecule has 5 aromatic rings. The van der Waals surface area contributed by atoms with Crippen LogP contribution in [0.2, 0.25) is 0 Å². The number of hydrogen-bond donors (Lipinski definition) is 0. The summed E-state index contributed by atoms with van der Waals surface area (Å²) in [4.78, 5) is 4.69. The Hall–Kier alpha value is -3.39. The smallest absolute Gasteiger partial charge is 0.145 e. The van der Waals surface area contributed by atoms with Crippen molar-refractivity contribution in [1.29, 1.82) is 0 Å². The highest BCUT2D eigenvalue weighted by molar-refractivity contribution is 6.14. The Morgan fingerprint density at radius 2 is 1.50 bits per heavy atom. The minimum absolute atomic E-state index is 0.0515. The zero-order valence-corrected chi connectivity index (χ0v) is 19.1. The van der Waals surface area contributed by atoms with Gasteiger partial charge in [-0.05, 0) is 66.6 Å². The number of nitrogens with zero attached hydrogens (tertiary/aromatic N) is 1. The summed E-state index contributed by atoms with van der Waals surface area (Å²) in [5.41, 5.74) is 11.9. The predicted octanol–water partition coefficient (Wildman–Crippen LogP) is 8.35. The van der Waals surface area contributed by atoms with Gasteiger partial charge in [0.2, 0.25) is 0 Å². The predicted molar refractivity (Wildman–Crippen MR) is 133 cm³/mol. The van der Waals surface area contributed by atoms with Crippen molar-refractivity contribution in [3.63, 3.8) is 0 Å². The van der Waals surface area contributed by atoms with Crippen molar-refractivity contribution in [3.05, 3.63) is 89.1 Å². The van der Waals surface area contributed by atoms with Crippen LogP contribution in [-0.4, -0.2) is 4.98 Å². The summed E-state index contributed by atoms with van der Waals surface area (Å²) in [7, 11) is 0. The number of fused-ring (bicyclic) bond motifs is 7. The lowest BCUT2D eigenvalue weighted by Crippen LogP contribution is -2.22. The van der Waals surface area contributed by atoms with Crippen molar-refractivity contribution in [2.45, 2.75) is 46.0 Å². The van der Waals surface area contributed by atoms with E-state index < -0.39 is 0 Å². The van der Waals surface area contributed by atoms with E-state index in [1.54, 1.807) is 0 Å². The molecule has 32 heavy (non-hydrogen) atoms. The van der Waals surface area contributed by atoms with Crippen molar-refractivity contribution < 1.29 is 4.42 Å². The minimum atomic E-state index is 0.0515. The van der Waals surface area contributed by atoms with Gasteiger partial charge in [0.15, 0.2) is 0 Å². The van der Waals surface area contributed by atoms with Crippen LogP contribution in [0.25, 0.3) is 44.3 Å². The maximum Gasteiger partial charge on any atom is 0.145 e. The van der Waals surface area contributed by atoms with Crippen LogP contribution >= 0.6 is 0 Å². The second-order valence-corrected chi connectivity index (χ2v) is 9.15. The zero-order valence-electron chi connectivity index (χ0n) is 19.1. The number of pyridine rings is 1. The van der Waals surface area contributed by atoms with Gasteiger partial charge >= 0.3 is 0 Å². The molecule has 0 saturated heterocycles. The third kappa shape index (κ3) is 2.38. The van der Waals surface area contributed by atoms with Gasteiger partial charge in [0.05, 0.1) is 5.69 Å². The Kier molecular flexibility index (Phi) is 4.10. The Morgan fingerprint density at radius 3 is 2.25 bits per heavy atom. The molecular formula is C30H27NO. The van der Waals surface area contributed by atoms with E-state index in [9.17, 15) is 0 Å². The molecule has 2 heteroatoms. The van der Waals surface area contributed by atoms with Gasteiger partial charge in [-0.1, -0.05) is 62.4 Å². The summed E-state index contributed by atoms with van der Waals surface area (Å²) < 4.78 is 6.80. The highest BCUT2D eigenvalue weighted by atomic mass is 16.3.